The van der Waals surface area contributed by atoms with Crippen LogP contribution < -0.4 is 4.74 Å². The maximum Gasteiger partial charge on any atom is 0.316 e. The SMILES string of the molecule is COC(=O)[C@@]12CCCC(C)(C)[C@@H]1C1OC1c1ccc(OC)cc12. The first-order chi connectivity index (χ1) is 11.0. The largest absolute Gasteiger partial charge is 0.497 e. The van der Waals surface area contributed by atoms with Gasteiger partial charge in [-0.1, -0.05) is 26.3 Å². The smallest absolute Gasteiger partial charge is 0.316 e. The Morgan fingerprint density at radius 1 is 1.26 bits per heavy atom. The van der Waals surface area contributed by atoms with Crippen molar-refractivity contribution in [2.45, 2.75) is 50.7 Å². The van der Waals surface area contributed by atoms with Gasteiger partial charge in [-0.3, -0.25) is 4.79 Å². The summed E-state index contributed by atoms with van der Waals surface area (Å²) in [7, 11) is 3.16. The van der Waals surface area contributed by atoms with Crippen LogP contribution in [0.5, 0.6) is 5.75 Å². The molecule has 3 aliphatic rings. The van der Waals surface area contributed by atoms with Gasteiger partial charge >= 0.3 is 5.97 Å². The number of rotatable bonds is 2. The van der Waals surface area contributed by atoms with E-state index in [1.165, 1.54) is 7.11 Å². The fourth-order valence-corrected chi connectivity index (χ4v) is 5.27. The van der Waals surface area contributed by atoms with Gasteiger partial charge in [0.25, 0.3) is 0 Å². The second kappa shape index (κ2) is 4.73. The maximum atomic E-state index is 13.0. The summed E-state index contributed by atoms with van der Waals surface area (Å²) in [6, 6.07) is 6.04. The van der Waals surface area contributed by atoms with E-state index in [0.717, 1.165) is 36.1 Å². The van der Waals surface area contributed by atoms with E-state index in [4.69, 9.17) is 14.2 Å². The molecule has 1 aliphatic heterocycles. The Hall–Kier alpha value is -1.55. The summed E-state index contributed by atoms with van der Waals surface area (Å²) < 4.78 is 16.8. The topological polar surface area (TPSA) is 48.1 Å². The summed E-state index contributed by atoms with van der Waals surface area (Å²) in [6.45, 7) is 4.52. The molecule has 0 aromatic heterocycles. The first-order valence-corrected chi connectivity index (χ1v) is 8.38. The van der Waals surface area contributed by atoms with E-state index in [-0.39, 0.29) is 29.5 Å². The van der Waals surface area contributed by atoms with Gasteiger partial charge in [0.2, 0.25) is 0 Å². The Morgan fingerprint density at radius 2 is 2.04 bits per heavy atom. The Kier molecular flexibility index (Phi) is 3.08. The maximum absolute atomic E-state index is 13.0. The third-order valence-corrected chi connectivity index (χ3v) is 6.22. The van der Waals surface area contributed by atoms with Gasteiger partial charge in [-0.25, -0.2) is 0 Å². The first kappa shape index (κ1) is 15.0. The zero-order chi connectivity index (χ0) is 16.4. The molecule has 1 aromatic rings. The minimum atomic E-state index is -0.613. The second-order valence-electron chi connectivity index (χ2n) is 7.76. The van der Waals surface area contributed by atoms with Crippen LogP contribution in [0.1, 0.15) is 50.3 Å². The highest BCUT2D eigenvalue weighted by Crippen LogP contribution is 2.66. The summed E-state index contributed by atoms with van der Waals surface area (Å²) >= 11 is 0. The average molecular weight is 316 g/mol. The number of hydrogen-bond donors (Lipinski definition) is 0. The zero-order valence-electron chi connectivity index (χ0n) is 14.2. The fourth-order valence-electron chi connectivity index (χ4n) is 5.27. The van der Waals surface area contributed by atoms with Gasteiger partial charge < -0.3 is 14.2 Å². The van der Waals surface area contributed by atoms with Gasteiger partial charge in [0.15, 0.2) is 0 Å². The Labute approximate surface area is 137 Å². The van der Waals surface area contributed by atoms with E-state index < -0.39 is 5.41 Å². The molecule has 2 fully saturated rings. The highest BCUT2D eigenvalue weighted by atomic mass is 16.6. The molecule has 2 unspecified atom stereocenters. The number of methoxy groups -OCH3 is 2. The molecule has 4 nitrogen and oxygen atoms in total. The second-order valence-corrected chi connectivity index (χ2v) is 7.76. The molecule has 0 N–H and O–H groups in total. The highest BCUT2D eigenvalue weighted by Gasteiger charge is 2.68. The monoisotopic (exact) mass is 316 g/mol. The number of esters is 1. The van der Waals surface area contributed by atoms with E-state index in [9.17, 15) is 4.79 Å². The molecule has 1 heterocycles. The van der Waals surface area contributed by atoms with Gasteiger partial charge in [-0.05, 0) is 41.5 Å². The van der Waals surface area contributed by atoms with Crippen LogP contribution in [0.4, 0.5) is 0 Å². The molecule has 0 bridgehead atoms. The minimum absolute atomic E-state index is 0.0482. The minimum Gasteiger partial charge on any atom is -0.497 e. The van der Waals surface area contributed by atoms with Gasteiger partial charge in [0.05, 0.1) is 25.7 Å². The lowest BCUT2D eigenvalue weighted by Crippen LogP contribution is -2.56. The van der Waals surface area contributed by atoms with Crippen molar-refractivity contribution in [3.8, 4) is 5.75 Å². The predicted octanol–water partition coefficient (Wildman–Crippen LogP) is 3.39. The molecule has 1 saturated heterocycles. The van der Waals surface area contributed by atoms with Crippen LogP contribution in [0.2, 0.25) is 0 Å². The number of hydrogen-bond acceptors (Lipinski definition) is 4. The van der Waals surface area contributed by atoms with Crippen LogP contribution >= 0.6 is 0 Å². The van der Waals surface area contributed by atoms with Gasteiger partial charge in [-0.2, -0.15) is 0 Å². The molecule has 1 aromatic carbocycles. The van der Waals surface area contributed by atoms with E-state index in [0.29, 0.717) is 0 Å². The molecule has 4 atom stereocenters. The van der Waals surface area contributed by atoms with Crippen molar-refractivity contribution in [3.63, 3.8) is 0 Å². The van der Waals surface area contributed by atoms with Crippen LogP contribution in [0.15, 0.2) is 18.2 Å². The number of fused-ring (bicyclic) bond motifs is 6. The first-order valence-electron chi connectivity index (χ1n) is 8.38. The quantitative estimate of drug-likeness (QED) is 0.620. The Morgan fingerprint density at radius 3 is 2.74 bits per heavy atom. The molecule has 0 radical (unpaired) electrons. The van der Waals surface area contributed by atoms with Gasteiger partial charge in [0.1, 0.15) is 11.9 Å². The summed E-state index contributed by atoms with van der Waals surface area (Å²) in [5, 5.41) is 0. The van der Waals surface area contributed by atoms with Gasteiger partial charge in [0, 0.05) is 5.92 Å². The van der Waals surface area contributed by atoms with Crippen LogP contribution in [-0.4, -0.2) is 26.3 Å². The zero-order valence-corrected chi connectivity index (χ0v) is 14.2. The van der Waals surface area contributed by atoms with Crippen LogP contribution in [0.25, 0.3) is 0 Å². The number of benzene rings is 1. The molecule has 0 amide bonds. The molecule has 23 heavy (non-hydrogen) atoms. The molecule has 4 heteroatoms. The lowest BCUT2D eigenvalue weighted by atomic mass is 9.49. The van der Waals surface area contributed by atoms with Crippen molar-refractivity contribution < 1.29 is 19.0 Å². The fraction of sp³-hybridized carbons (Fsp3) is 0.632. The summed E-state index contributed by atoms with van der Waals surface area (Å²) in [5.41, 5.74) is 1.63. The van der Waals surface area contributed by atoms with Crippen LogP contribution in [0, 0.1) is 11.3 Å². The lowest BCUT2D eigenvalue weighted by molar-refractivity contribution is -0.156. The molecule has 2 aliphatic carbocycles. The third-order valence-electron chi connectivity index (χ3n) is 6.22. The molecule has 124 valence electrons. The van der Waals surface area contributed by atoms with Crippen molar-refractivity contribution >= 4 is 5.97 Å². The van der Waals surface area contributed by atoms with Crippen molar-refractivity contribution in [1.82, 2.24) is 0 Å². The predicted molar refractivity (Wildman–Crippen MR) is 85.4 cm³/mol. The van der Waals surface area contributed by atoms with Gasteiger partial charge in [-0.15, -0.1) is 0 Å². The summed E-state index contributed by atoms with van der Waals surface area (Å²) in [6.07, 6.45) is 3.21. The molecular weight excluding hydrogens is 292 g/mol. The van der Waals surface area contributed by atoms with E-state index >= 15 is 0 Å². The van der Waals surface area contributed by atoms with Crippen molar-refractivity contribution in [1.29, 1.82) is 0 Å². The summed E-state index contributed by atoms with van der Waals surface area (Å²) in [4.78, 5) is 13.0. The molecule has 4 rings (SSSR count). The molecule has 0 spiro atoms. The molecule has 1 saturated carbocycles. The number of epoxide rings is 1. The Balaban J connectivity index is 1.97. The summed E-state index contributed by atoms with van der Waals surface area (Å²) in [5.74, 6) is 0.813. The van der Waals surface area contributed by atoms with E-state index in [1.54, 1.807) is 7.11 Å². The average Bonchev–Trinajstić information content (AvgIpc) is 3.32. The lowest BCUT2D eigenvalue weighted by Gasteiger charge is -2.52. The number of ether oxygens (including phenoxy) is 3. The number of carbonyl (C=O) groups is 1. The molecular formula is C19H24O4. The van der Waals surface area contributed by atoms with E-state index in [2.05, 4.69) is 19.9 Å². The highest BCUT2D eigenvalue weighted by molar-refractivity contribution is 5.86. The van der Waals surface area contributed by atoms with Crippen LogP contribution in [0.3, 0.4) is 0 Å². The third kappa shape index (κ3) is 1.84. The number of carbonyl (C=O) groups excluding carboxylic acids is 1. The Bertz CT molecular complexity index is 665. The van der Waals surface area contributed by atoms with Crippen LogP contribution in [-0.2, 0) is 19.7 Å². The van der Waals surface area contributed by atoms with Crippen molar-refractivity contribution in [3.05, 3.63) is 29.3 Å². The van der Waals surface area contributed by atoms with Crippen molar-refractivity contribution in [2.24, 2.45) is 11.3 Å². The van der Waals surface area contributed by atoms with Crippen molar-refractivity contribution in [2.75, 3.05) is 14.2 Å². The normalized spacial score (nSPS) is 36.3. The standard InChI is InChI=1S/C19H24O4/c1-18(2)8-5-9-19(17(20)22-4)13-10-11(21-3)6-7-12(13)14-15(23-14)16(18)19/h6-7,10,14-16H,5,8-9H2,1-4H3/t14?,15?,16-,19+/m0/s1. The van der Waals surface area contributed by atoms with E-state index in [1.807, 2.05) is 12.1 Å².